The van der Waals surface area contributed by atoms with Crippen LogP contribution in [0.15, 0.2) is 18.2 Å². The molecule has 4 atom stereocenters. The monoisotopic (exact) mass is 514 g/mol. The standard InChI is InChI=1S/C29H48N2P2Si/c1-34(2,3)23-8-9-24(28(18-32)21-13-19-12-20(15-21)16-22(28)14-19)25(17-23)29(33,26-6-4-10-30-26)27-7-5-11-31-27/h8-9,17,19-22,26-27,30-31H,4-7,10-16,18,32-33H2,1-3H3. The summed E-state index contributed by atoms with van der Waals surface area (Å²) in [6.07, 6.45) is 14.0. The van der Waals surface area contributed by atoms with E-state index in [0.29, 0.717) is 17.5 Å². The molecule has 4 saturated carbocycles. The van der Waals surface area contributed by atoms with E-state index >= 15 is 0 Å². The summed E-state index contributed by atoms with van der Waals surface area (Å²) in [7, 11) is 5.39. The van der Waals surface area contributed by atoms with Crippen molar-refractivity contribution in [3.8, 4) is 0 Å². The highest BCUT2D eigenvalue weighted by atomic mass is 31.0. The Kier molecular flexibility index (Phi) is 6.43. The summed E-state index contributed by atoms with van der Waals surface area (Å²) in [5, 5.41) is 9.74. The fourth-order valence-electron chi connectivity index (χ4n) is 9.49. The number of nitrogens with one attached hydrogen (secondary N) is 2. The molecule has 5 heteroatoms. The topological polar surface area (TPSA) is 24.1 Å². The van der Waals surface area contributed by atoms with Crippen LogP contribution in [0.3, 0.4) is 0 Å². The van der Waals surface area contributed by atoms with Crippen LogP contribution >= 0.6 is 18.5 Å². The third kappa shape index (κ3) is 3.69. The first-order valence-corrected chi connectivity index (χ1v) is 19.3. The van der Waals surface area contributed by atoms with Crippen LogP contribution in [-0.2, 0) is 10.6 Å². The molecular formula is C29H48N2P2Si. The molecule has 4 unspecified atom stereocenters. The van der Waals surface area contributed by atoms with Crippen LogP contribution in [-0.4, -0.2) is 39.4 Å². The molecule has 0 spiro atoms. The van der Waals surface area contributed by atoms with Gasteiger partial charge < -0.3 is 10.6 Å². The Bertz CT molecular complexity index is 869. The quantitative estimate of drug-likeness (QED) is 0.394. The molecule has 34 heavy (non-hydrogen) atoms. The van der Waals surface area contributed by atoms with E-state index in [2.05, 4.69) is 67.0 Å². The van der Waals surface area contributed by atoms with Gasteiger partial charge in [0, 0.05) is 22.7 Å². The third-order valence-corrected chi connectivity index (χ3v) is 14.9. The van der Waals surface area contributed by atoms with Crippen molar-refractivity contribution >= 4 is 31.7 Å². The number of benzene rings is 1. The van der Waals surface area contributed by atoms with Crippen LogP contribution < -0.4 is 15.8 Å². The van der Waals surface area contributed by atoms with E-state index in [9.17, 15) is 0 Å². The Morgan fingerprint density at radius 3 is 1.91 bits per heavy atom. The Hall–Kier alpha value is 0.217. The molecule has 1 aromatic carbocycles. The molecule has 0 radical (unpaired) electrons. The van der Waals surface area contributed by atoms with E-state index in [4.69, 9.17) is 0 Å². The van der Waals surface area contributed by atoms with E-state index in [0.717, 1.165) is 23.7 Å². The molecule has 0 aromatic heterocycles. The summed E-state index contributed by atoms with van der Waals surface area (Å²) in [5.74, 6) is 3.82. The van der Waals surface area contributed by atoms with E-state index in [-0.39, 0.29) is 5.16 Å². The normalized spacial score (nSPS) is 41.2. The molecular weight excluding hydrogens is 466 g/mol. The molecule has 4 aliphatic carbocycles. The van der Waals surface area contributed by atoms with Gasteiger partial charge in [0.05, 0.1) is 8.07 Å². The Morgan fingerprint density at radius 1 is 0.912 bits per heavy atom. The van der Waals surface area contributed by atoms with Gasteiger partial charge in [0.1, 0.15) is 0 Å². The average Bonchev–Trinajstić information content (AvgIpc) is 3.53. The smallest absolute Gasteiger partial charge is 0.0776 e. The van der Waals surface area contributed by atoms with Crippen LogP contribution in [0.1, 0.15) is 68.9 Å². The predicted octanol–water partition coefficient (Wildman–Crippen LogP) is 5.38. The zero-order chi connectivity index (χ0) is 23.7. The van der Waals surface area contributed by atoms with Gasteiger partial charge in [-0.25, -0.2) is 0 Å². The van der Waals surface area contributed by atoms with E-state index in [1.54, 1.807) is 16.3 Å². The lowest BCUT2D eigenvalue weighted by Gasteiger charge is -2.62. The minimum absolute atomic E-state index is 0.0828. The molecule has 2 N–H and O–H groups in total. The number of hydrogen-bond acceptors (Lipinski definition) is 2. The lowest BCUT2D eigenvalue weighted by molar-refractivity contribution is -0.0506. The lowest BCUT2D eigenvalue weighted by Crippen LogP contribution is -2.59. The number of rotatable bonds is 6. The van der Waals surface area contributed by atoms with Gasteiger partial charge in [-0.15, -0.1) is 18.5 Å². The Labute approximate surface area is 214 Å². The van der Waals surface area contributed by atoms with Crippen LogP contribution in [0.25, 0.3) is 0 Å². The molecule has 6 fully saturated rings. The average molecular weight is 515 g/mol. The van der Waals surface area contributed by atoms with Gasteiger partial charge in [0.2, 0.25) is 0 Å². The van der Waals surface area contributed by atoms with Crippen molar-refractivity contribution in [3.05, 3.63) is 29.3 Å². The van der Waals surface area contributed by atoms with Gasteiger partial charge in [0.15, 0.2) is 0 Å². The fourth-order valence-corrected chi connectivity index (χ4v) is 12.3. The van der Waals surface area contributed by atoms with Gasteiger partial charge >= 0.3 is 0 Å². The predicted molar refractivity (Wildman–Crippen MR) is 156 cm³/mol. The Balaban J connectivity index is 1.56. The maximum atomic E-state index is 4.00. The van der Waals surface area contributed by atoms with Crippen molar-refractivity contribution in [2.45, 2.75) is 100 Å². The first kappa shape index (κ1) is 24.5. The van der Waals surface area contributed by atoms with Crippen molar-refractivity contribution in [1.29, 1.82) is 0 Å². The molecule has 4 bridgehead atoms. The highest BCUT2D eigenvalue weighted by molar-refractivity contribution is 7.18. The highest BCUT2D eigenvalue weighted by Gasteiger charge is 2.59. The van der Waals surface area contributed by atoms with Gasteiger partial charge in [-0.3, -0.25) is 0 Å². The minimum Gasteiger partial charge on any atom is -0.313 e. The van der Waals surface area contributed by atoms with Crippen LogP contribution in [0.4, 0.5) is 0 Å². The van der Waals surface area contributed by atoms with Crippen molar-refractivity contribution in [3.63, 3.8) is 0 Å². The van der Waals surface area contributed by atoms with Crippen molar-refractivity contribution in [2.75, 3.05) is 19.3 Å². The zero-order valence-electron chi connectivity index (χ0n) is 21.8. The van der Waals surface area contributed by atoms with Gasteiger partial charge in [-0.1, -0.05) is 43.0 Å². The van der Waals surface area contributed by atoms with Gasteiger partial charge in [-0.05, 0) is 112 Å². The third-order valence-electron chi connectivity index (χ3n) is 11.1. The summed E-state index contributed by atoms with van der Waals surface area (Å²) >= 11 is 0. The fraction of sp³-hybridized carbons (Fsp3) is 0.793. The molecule has 2 saturated heterocycles. The molecule has 2 heterocycles. The second-order valence-corrected chi connectivity index (χ2v) is 20.2. The van der Waals surface area contributed by atoms with E-state index in [1.807, 2.05) is 0 Å². The molecule has 188 valence electrons. The molecule has 1 aromatic rings. The Morgan fingerprint density at radius 2 is 1.47 bits per heavy atom. The van der Waals surface area contributed by atoms with Gasteiger partial charge in [-0.2, -0.15) is 0 Å². The summed E-state index contributed by atoms with van der Waals surface area (Å²) in [6, 6.07) is 9.12. The first-order valence-electron chi connectivity index (χ1n) is 14.4. The summed E-state index contributed by atoms with van der Waals surface area (Å²) < 4.78 is 0. The maximum absolute atomic E-state index is 4.00. The largest absolute Gasteiger partial charge is 0.313 e. The van der Waals surface area contributed by atoms with Crippen molar-refractivity contribution in [2.24, 2.45) is 23.7 Å². The molecule has 2 aliphatic heterocycles. The molecule has 6 aliphatic rings. The summed E-state index contributed by atoms with van der Waals surface area (Å²) in [4.78, 5) is 0. The SMILES string of the molecule is C[Si](C)(C)c1ccc(C2(CP)C3CC4CC(C3)CC2C4)c(C(P)(C2CCCN2)C2CCCN2)c1. The van der Waals surface area contributed by atoms with Crippen LogP contribution in [0.2, 0.25) is 19.6 Å². The molecule has 2 nitrogen and oxygen atoms in total. The second-order valence-electron chi connectivity index (χ2n) is 13.8. The van der Waals surface area contributed by atoms with Crippen molar-refractivity contribution in [1.82, 2.24) is 10.6 Å². The van der Waals surface area contributed by atoms with E-state index in [1.165, 1.54) is 77.0 Å². The van der Waals surface area contributed by atoms with Crippen molar-refractivity contribution < 1.29 is 0 Å². The minimum atomic E-state index is -1.42. The van der Waals surface area contributed by atoms with Crippen LogP contribution in [0.5, 0.6) is 0 Å². The van der Waals surface area contributed by atoms with Crippen LogP contribution in [0, 0.1) is 23.7 Å². The first-order chi connectivity index (χ1) is 16.3. The van der Waals surface area contributed by atoms with E-state index < -0.39 is 8.07 Å². The summed E-state index contributed by atoms with van der Waals surface area (Å²) in [5.41, 5.74) is 3.84. The second kappa shape index (κ2) is 8.91. The molecule has 0 amide bonds. The highest BCUT2D eigenvalue weighted by Crippen LogP contribution is 2.65. The number of hydrogen-bond donors (Lipinski definition) is 2. The van der Waals surface area contributed by atoms with Gasteiger partial charge in [0.25, 0.3) is 0 Å². The zero-order valence-corrected chi connectivity index (χ0v) is 25.1. The molecule has 7 rings (SSSR count). The maximum Gasteiger partial charge on any atom is 0.0776 e. The lowest BCUT2D eigenvalue weighted by atomic mass is 9.43. The summed E-state index contributed by atoms with van der Waals surface area (Å²) in [6.45, 7) is 9.96.